The van der Waals surface area contributed by atoms with Gasteiger partial charge in [0.15, 0.2) is 0 Å². The number of nitrogens with one attached hydrogen (secondary N) is 1. The Balaban J connectivity index is 2.05. The Morgan fingerprint density at radius 2 is 2.16 bits per heavy atom. The van der Waals surface area contributed by atoms with Crippen LogP contribution in [0.25, 0.3) is 0 Å². The van der Waals surface area contributed by atoms with Crippen molar-refractivity contribution in [2.45, 2.75) is 30.2 Å². The average molecular weight is 311 g/mol. The minimum Gasteiger partial charge on any atom is -0.367 e. The first-order valence-corrected chi connectivity index (χ1v) is 7.48. The predicted molar refractivity (Wildman–Crippen MR) is 72.8 cm³/mol. The first-order valence-electron chi connectivity index (χ1n) is 5.88. The molecule has 0 amide bonds. The van der Waals surface area contributed by atoms with Gasteiger partial charge in [-0.3, -0.25) is 0 Å². The van der Waals surface area contributed by atoms with E-state index in [9.17, 15) is 13.2 Å². The van der Waals surface area contributed by atoms with Crippen LogP contribution in [0.5, 0.6) is 0 Å². The molecule has 1 heterocycles. The number of hydrogen-bond donors (Lipinski definition) is 1. The van der Waals surface area contributed by atoms with Crippen LogP contribution >= 0.6 is 23.4 Å². The lowest BCUT2D eigenvalue weighted by molar-refractivity contribution is -0.137. The SMILES string of the molecule is CSC1(CNc2ncc(C(F)(F)F)cc2Cl)CCC1. The van der Waals surface area contributed by atoms with E-state index >= 15 is 0 Å². The zero-order valence-electron chi connectivity index (χ0n) is 10.4. The highest BCUT2D eigenvalue weighted by molar-refractivity contribution is 8.00. The number of thioether (sulfide) groups is 1. The maximum Gasteiger partial charge on any atom is 0.417 e. The summed E-state index contributed by atoms with van der Waals surface area (Å²) < 4.78 is 37.6. The van der Waals surface area contributed by atoms with Gasteiger partial charge in [0.1, 0.15) is 5.82 Å². The lowest BCUT2D eigenvalue weighted by Crippen LogP contribution is -2.40. The molecule has 106 valence electrons. The number of aromatic nitrogens is 1. The van der Waals surface area contributed by atoms with E-state index in [1.807, 2.05) is 6.26 Å². The molecule has 19 heavy (non-hydrogen) atoms. The van der Waals surface area contributed by atoms with E-state index < -0.39 is 11.7 Å². The summed E-state index contributed by atoms with van der Waals surface area (Å²) >= 11 is 7.62. The van der Waals surface area contributed by atoms with Crippen LogP contribution in [0.2, 0.25) is 5.02 Å². The molecular weight excluding hydrogens is 297 g/mol. The molecule has 0 aliphatic heterocycles. The van der Waals surface area contributed by atoms with Crippen molar-refractivity contribution in [2.24, 2.45) is 0 Å². The van der Waals surface area contributed by atoms with Crippen LogP contribution in [0, 0.1) is 0 Å². The monoisotopic (exact) mass is 310 g/mol. The van der Waals surface area contributed by atoms with E-state index in [-0.39, 0.29) is 9.77 Å². The molecule has 1 aromatic heterocycles. The van der Waals surface area contributed by atoms with Crippen molar-refractivity contribution in [1.29, 1.82) is 0 Å². The maximum atomic E-state index is 12.5. The summed E-state index contributed by atoms with van der Waals surface area (Å²) in [5, 5.41) is 3.06. The topological polar surface area (TPSA) is 24.9 Å². The molecule has 0 unspecified atom stereocenters. The molecular formula is C12H14ClF3N2S. The Morgan fingerprint density at radius 3 is 2.58 bits per heavy atom. The molecule has 1 aromatic rings. The average Bonchev–Trinajstić information content (AvgIpc) is 2.28. The van der Waals surface area contributed by atoms with Crippen LogP contribution in [0.15, 0.2) is 12.3 Å². The first-order chi connectivity index (χ1) is 8.86. The van der Waals surface area contributed by atoms with E-state index in [1.165, 1.54) is 6.42 Å². The van der Waals surface area contributed by atoms with Gasteiger partial charge in [0.2, 0.25) is 0 Å². The molecule has 1 N–H and O–H groups in total. The number of rotatable bonds is 4. The van der Waals surface area contributed by atoms with Crippen molar-refractivity contribution in [1.82, 2.24) is 4.98 Å². The van der Waals surface area contributed by atoms with Crippen molar-refractivity contribution in [3.63, 3.8) is 0 Å². The highest BCUT2D eigenvalue weighted by Gasteiger charge is 2.36. The molecule has 0 bridgehead atoms. The van der Waals surface area contributed by atoms with Gasteiger partial charge in [-0.25, -0.2) is 4.98 Å². The fourth-order valence-electron chi connectivity index (χ4n) is 1.99. The Hall–Kier alpha value is -0.620. The third kappa shape index (κ3) is 3.28. The summed E-state index contributed by atoms with van der Waals surface area (Å²) in [6.45, 7) is 0.673. The summed E-state index contributed by atoms with van der Waals surface area (Å²) in [6, 6.07) is 0.906. The van der Waals surface area contributed by atoms with Crippen LogP contribution in [-0.4, -0.2) is 22.5 Å². The Morgan fingerprint density at radius 1 is 1.47 bits per heavy atom. The van der Waals surface area contributed by atoms with Crippen molar-refractivity contribution >= 4 is 29.2 Å². The third-order valence-electron chi connectivity index (χ3n) is 3.44. The van der Waals surface area contributed by atoms with E-state index in [0.717, 1.165) is 25.1 Å². The van der Waals surface area contributed by atoms with Crippen molar-refractivity contribution in [3.8, 4) is 0 Å². The number of pyridine rings is 1. The van der Waals surface area contributed by atoms with E-state index in [1.54, 1.807) is 11.8 Å². The second kappa shape index (κ2) is 5.40. The van der Waals surface area contributed by atoms with Gasteiger partial charge in [0, 0.05) is 17.5 Å². The molecule has 0 atom stereocenters. The van der Waals surface area contributed by atoms with Gasteiger partial charge in [-0.15, -0.1) is 0 Å². The number of alkyl halides is 3. The minimum absolute atomic E-state index is 0.00500. The van der Waals surface area contributed by atoms with Crippen LogP contribution < -0.4 is 5.32 Å². The standard InChI is InChI=1S/C12H14ClF3N2S/c1-19-11(3-2-4-11)7-18-10-9(13)5-8(6-17-10)12(14,15)16/h5-6H,2-4,7H2,1H3,(H,17,18). The van der Waals surface area contributed by atoms with Crippen molar-refractivity contribution in [2.75, 3.05) is 18.1 Å². The largest absolute Gasteiger partial charge is 0.417 e. The van der Waals surface area contributed by atoms with Crippen LogP contribution in [0.4, 0.5) is 19.0 Å². The predicted octanol–water partition coefficient (Wildman–Crippen LogP) is 4.45. The van der Waals surface area contributed by atoms with E-state index in [4.69, 9.17) is 11.6 Å². The molecule has 0 aromatic carbocycles. The molecule has 7 heteroatoms. The van der Waals surface area contributed by atoms with Crippen molar-refractivity contribution < 1.29 is 13.2 Å². The van der Waals surface area contributed by atoms with E-state index in [0.29, 0.717) is 12.4 Å². The number of halogens is 4. The Bertz CT molecular complexity index is 455. The maximum absolute atomic E-state index is 12.5. The van der Waals surface area contributed by atoms with Gasteiger partial charge in [0.25, 0.3) is 0 Å². The molecule has 1 fully saturated rings. The Labute approximate surface area is 119 Å². The molecule has 1 saturated carbocycles. The zero-order valence-corrected chi connectivity index (χ0v) is 11.9. The second-order valence-electron chi connectivity index (χ2n) is 4.65. The zero-order chi connectivity index (χ0) is 14.1. The molecule has 0 radical (unpaired) electrons. The summed E-state index contributed by atoms with van der Waals surface area (Å²) in [5.41, 5.74) is -0.828. The highest BCUT2D eigenvalue weighted by atomic mass is 35.5. The Kier molecular flexibility index (Phi) is 4.20. The van der Waals surface area contributed by atoms with E-state index in [2.05, 4.69) is 10.3 Å². The normalized spacial score (nSPS) is 17.9. The van der Waals surface area contributed by atoms with Gasteiger partial charge >= 0.3 is 6.18 Å². The summed E-state index contributed by atoms with van der Waals surface area (Å²) in [7, 11) is 0. The van der Waals surface area contributed by atoms with Gasteiger partial charge in [-0.2, -0.15) is 24.9 Å². The smallest absolute Gasteiger partial charge is 0.367 e. The van der Waals surface area contributed by atoms with Gasteiger partial charge < -0.3 is 5.32 Å². The number of nitrogens with zero attached hydrogens (tertiary/aromatic N) is 1. The minimum atomic E-state index is -4.41. The third-order valence-corrected chi connectivity index (χ3v) is 5.15. The van der Waals surface area contributed by atoms with Gasteiger partial charge in [0.05, 0.1) is 10.6 Å². The lowest BCUT2D eigenvalue weighted by atomic mass is 9.84. The molecule has 1 aliphatic carbocycles. The van der Waals surface area contributed by atoms with Gasteiger partial charge in [-0.05, 0) is 25.2 Å². The number of anilines is 1. The van der Waals surface area contributed by atoms with Gasteiger partial charge in [-0.1, -0.05) is 18.0 Å². The first kappa shape index (κ1) is 14.8. The second-order valence-corrected chi connectivity index (χ2v) is 6.33. The van der Waals surface area contributed by atoms with Crippen LogP contribution in [-0.2, 0) is 6.18 Å². The molecule has 2 nitrogen and oxygen atoms in total. The molecule has 0 saturated heterocycles. The summed E-state index contributed by atoms with van der Waals surface area (Å²) in [5.74, 6) is 0.315. The molecule has 1 aliphatic rings. The fraction of sp³-hybridized carbons (Fsp3) is 0.583. The van der Waals surface area contributed by atoms with Crippen LogP contribution in [0.1, 0.15) is 24.8 Å². The van der Waals surface area contributed by atoms with Crippen molar-refractivity contribution in [3.05, 3.63) is 22.8 Å². The quantitative estimate of drug-likeness (QED) is 0.889. The molecule has 2 rings (SSSR count). The lowest BCUT2D eigenvalue weighted by Gasteiger charge is -2.40. The number of hydrogen-bond acceptors (Lipinski definition) is 3. The highest BCUT2D eigenvalue weighted by Crippen LogP contribution is 2.43. The fourth-order valence-corrected chi connectivity index (χ4v) is 3.14. The summed E-state index contributed by atoms with van der Waals surface area (Å²) in [6.07, 6.45) is 1.85. The summed E-state index contributed by atoms with van der Waals surface area (Å²) in [4.78, 5) is 3.77. The van der Waals surface area contributed by atoms with Crippen LogP contribution in [0.3, 0.4) is 0 Å². The molecule has 0 spiro atoms.